The summed E-state index contributed by atoms with van der Waals surface area (Å²) in [5, 5.41) is 3.00. The number of rotatable bonds is 4. The lowest BCUT2D eigenvalue weighted by molar-refractivity contribution is 0.0945. The summed E-state index contributed by atoms with van der Waals surface area (Å²) in [6.45, 7) is 0.725. The van der Waals surface area contributed by atoms with E-state index in [1.54, 1.807) is 12.1 Å². The van der Waals surface area contributed by atoms with Crippen LogP contribution in [0.25, 0.3) is 0 Å². The number of halogens is 1. The quantitative estimate of drug-likeness (QED) is 0.835. The second-order valence-electron chi connectivity index (χ2n) is 4.65. The Morgan fingerprint density at radius 2 is 2.28 bits per heavy atom. The first-order chi connectivity index (χ1) is 8.56. The van der Waals surface area contributed by atoms with Crippen LogP contribution in [0, 0.1) is 0 Å². The summed E-state index contributed by atoms with van der Waals surface area (Å²) in [6.07, 6.45) is 5.74. The van der Waals surface area contributed by atoms with Gasteiger partial charge < -0.3 is 11.1 Å². The highest BCUT2D eigenvalue weighted by Crippen LogP contribution is 2.42. The van der Waals surface area contributed by atoms with Crippen LogP contribution in [0.15, 0.2) is 22.7 Å². The van der Waals surface area contributed by atoms with Crippen molar-refractivity contribution in [3.63, 3.8) is 0 Å². The first-order valence-corrected chi connectivity index (χ1v) is 7.96. The Labute approximate surface area is 120 Å². The molecule has 0 atom stereocenters. The van der Waals surface area contributed by atoms with Crippen LogP contribution in [0.3, 0.4) is 0 Å². The first-order valence-electron chi connectivity index (χ1n) is 5.95. The van der Waals surface area contributed by atoms with Crippen molar-refractivity contribution in [3.05, 3.63) is 28.2 Å². The molecule has 3 nitrogen and oxygen atoms in total. The van der Waals surface area contributed by atoms with Gasteiger partial charge in [-0.3, -0.25) is 4.79 Å². The van der Waals surface area contributed by atoms with Crippen LogP contribution < -0.4 is 11.1 Å². The lowest BCUT2D eigenvalue weighted by Gasteiger charge is -2.40. The number of hydrogen-bond donors (Lipinski definition) is 2. The largest absolute Gasteiger partial charge is 0.398 e. The molecule has 0 aromatic heterocycles. The minimum atomic E-state index is -0.0830. The number of benzene rings is 1. The molecule has 1 aromatic rings. The average Bonchev–Trinajstić information content (AvgIpc) is 2.27. The topological polar surface area (TPSA) is 55.1 Å². The highest BCUT2D eigenvalue weighted by atomic mass is 79.9. The van der Waals surface area contributed by atoms with Crippen LogP contribution in [0.5, 0.6) is 0 Å². The maximum atomic E-state index is 12.1. The Kier molecular flexibility index (Phi) is 4.22. The van der Waals surface area contributed by atoms with Crippen molar-refractivity contribution in [3.8, 4) is 0 Å². The number of nitrogens with one attached hydrogen (secondary N) is 1. The summed E-state index contributed by atoms with van der Waals surface area (Å²) in [6, 6.07) is 5.34. The molecule has 98 valence electrons. The first kappa shape index (κ1) is 13.7. The number of thioether (sulfide) groups is 1. The maximum absolute atomic E-state index is 12.1. The smallest absolute Gasteiger partial charge is 0.253 e. The van der Waals surface area contributed by atoms with E-state index in [1.165, 1.54) is 19.3 Å². The van der Waals surface area contributed by atoms with Crippen LogP contribution >= 0.6 is 27.7 Å². The maximum Gasteiger partial charge on any atom is 0.253 e. The van der Waals surface area contributed by atoms with E-state index < -0.39 is 0 Å². The number of carbonyl (C=O) groups is 1. The zero-order valence-corrected chi connectivity index (χ0v) is 12.7. The second-order valence-corrected chi connectivity index (χ2v) is 6.84. The monoisotopic (exact) mass is 328 g/mol. The van der Waals surface area contributed by atoms with Crippen LogP contribution in [-0.2, 0) is 0 Å². The molecule has 1 fully saturated rings. The van der Waals surface area contributed by atoms with Crippen molar-refractivity contribution in [2.45, 2.75) is 24.0 Å². The molecule has 0 heterocycles. The molecule has 3 N–H and O–H groups in total. The number of anilines is 1. The van der Waals surface area contributed by atoms with Crippen molar-refractivity contribution < 1.29 is 4.79 Å². The molecule has 0 radical (unpaired) electrons. The second kappa shape index (κ2) is 5.53. The predicted molar refractivity (Wildman–Crippen MR) is 81.0 cm³/mol. The molecule has 0 spiro atoms. The van der Waals surface area contributed by atoms with Gasteiger partial charge in [0.25, 0.3) is 5.91 Å². The number of amides is 1. The van der Waals surface area contributed by atoms with E-state index in [4.69, 9.17) is 5.73 Å². The molecule has 1 aliphatic rings. The van der Waals surface area contributed by atoms with Crippen LogP contribution in [-0.4, -0.2) is 23.5 Å². The summed E-state index contributed by atoms with van der Waals surface area (Å²) in [7, 11) is 0. The van der Waals surface area contributed by atoms with Crippen molar-refractivity contribution in [2.24, 2.45) is 0 Å². The Hall–Kier alpha value is -0.680. The number of nitrogen functional groups attached to an aromatic ring is 1. The third-order valence-electron chi connectivity index (χ3n) is 3.53. The third kappa shape index (κ3) is 2.83. The zero-order valence-electron chi connectivity index (χ0n) is 10.3. The van der Waals surface area contributed by atoms with Gasteiger partial charge in [0.05, 0.1) is 5.56 Å². The summed E-state index contributed by atoms with van der Waals surface area (Å²) in [5.41, 5.74) is 6.90. The fourth-order valence-electron chi connectivity index (χ4n) is 2.10. The van der Waals surface area contributed by atoms with E-state index in [-0.39, 0.29) is 10.7 Å². The molecule has 18 heavy (non-hydrogen) atoms. The third-order valence-corrected chi connectivity index (χ3v) is 5.44. The minimum Gasteiger partial charge on any atom is -0.398 e. The summed E-state index contributed by atoms with van der Waals surface area (Å²) in [4.78, 5) is 12.1. The lowest BCUT2D eigenvalue weighted by atomic mass is 9.84. The van der Waals surface area contributed by atoms with Crippen molar-refractivity contribution in [2.75, 3.05) is 18.5 Å². The van der Waals surface area contributed by atoms with Crippen molar-refractivity contribution in [1.82, 2.24) is 5.32 Å². The van der Waals surface area contributed by atoms with Gasteiger partial charge in [0.2, 0.25) is 0 Å². The fourth-order valence-corrected chi connectivity index (χ4v) is 3.39. The minimum absolute atomic E-state index is 0.0830. The van der Waals surface area contributed by atoms with Crippen LogP contribution in [0.4, 0.5) is 5.69 Å². The van der Waals surface area contributed by atoms with Gasteiger partial charge in [0, 0.05) is 21.5 Å². The Morgan fingerprint density at radius 3 is 2.78 bits per heavy atom. The molecular formula is C13H17BrN2OS. The van der Waals surface area contributed by atoms with Crippen LogP contribution in [0.1, 0.15) is 29.6 Å². The number of nitrogens with two attached hydrogens (primary N) is 1. The Bertz CT molecular complexity index is 455. The van der Waals surface area contributed by atoms with E-state index in [1.807, 2.05) is 17.8 Å². The molecular weight excluding hydrogens is 312 g/mol. The molecule has 5 heteroatoms. The normalized spacial score (nSPS) is 17.0. The van der Waals surface area contributed by atoms with Gasteiger partial charge in [0.15, 0.2) is 0 Å². The summed E-state index contributed by atoms with van der Waals surface area (Å²) >= 11 is 5.18. The highest BCUT2D eigenvalue weighted by Gasteiger charge is 2.36. The van der Waals surface area contributed by atoms with Gasteiger partial charge in [-0.25, -0.2) is 0 Å². The van der Waals surface area contributed by atoms with Crippen molar-refractivity contribution >= 4 is 39.3 Å². The predicted octanol–water partition coefficient (Wildman–Crippen LogP) is 3.05. The molecule has 0 unspecified atom stereocenters. The average molecular weight is 329 g/mol. The Balaban J connectivity index is 1.99. The molecule has 0 saturated heterocycles. The molecule has 0 aliphatic heterocycles. The summed E-state index contributed by atoms with van der Waals surface area (Å²) in [5.74, 6) is -0.0830. The molecule has 1 saturated carbocycles. The molecule has 1 aromatic carbocycles. The van der Waals surface area contributed by atoms with Gasteiger partial charge in [-0.15, -0.1) is 0 Å². The molecule has 1 aliphatic carbocycles. The van der Waals surface area contributed by atoms with Gasteiger partial charge in [-0.1, -0.05) is 22.4 Å². The standard InChI is InChI=1S/C13H17BrN2OS/c1-18-13(5-2-6-13)8-16-12(17)10-4-3-9(14)7-11(10)15/h3-4,7H,2,5-6,8,15H2,1H3,(H,16,17). The molecule has 0 bridgehead atoms. The van der Waals surface area contributed by atoms with Crippen molar-refractivity contribution in [1.29, 1.82) is 0 Å². The van der Waals surface area contributed by atoms with E-state index in [0.717, 1.165) is 11.0 Å². The number of carbonyl (C=O) groups excluding carboxylic acids is 1. The van der Waals surface area contributed by atoms with E-state index >= 15 is 0 Å². The zero-order chi connectivity index (χ0) is 13.2. The fraction of sp³-hybridized carbons (Fsp3) is 0.462. The molecule has 1 amide bonds. The van der Waals surface area contributed by atoms with Gasteiger partial charge in [-0.2, -0.15) is 11.8 Å². The van der Waals surface area contributed by atoms with E-state index in [0.29, 0.717) is 11.3 Å². The van der Waals surface area contributed by atoms with Gasteiger partial charge >= 0.3 is 0 Å². The Morgan fingerprint density at radius 1 is 1.56 bits per heavy atom. The molecule has 2 rings (SSSR count). The highest BCUT2D eigenvalue weighted by molar-refractivity contribution is 9.10. The number of hydrogen-bond acceptors (Lipinski definition) is 3. The van der Waals surface area contributed by atoms with E-state index in [2.05, 4.69) is 27.5 Å². The van der Waals surface area contributed by atoms with Gasteiger partial charge in [0.1, 0.15) is 0 Å². The van der Waals surface area contributed by atoms with Gasteiger partial charge in [-0.05, 0) is 37.3 Å². The lowest BCUT2D eigenvalue weighted by Crippen LogP contribution is -2.45. The van der Waals surface area contributed by atoms with Crippen LogP contribution in [0.2, 0.25) is 0 Å². The summed E-state index contributed by atoms with van der Waals surface area (Å²) < 4.78 is 1.14. The van der Waals surface area contributed by atoms with E-state index in [9.17, 15) is 4.79 Å². The SMILES string of the molecule is CSC1(CNC(=O)c2ccc(Br)cc2N)CCC1.